The third kappa shape index (κ3) is 6.82. The molecule has 56 heavy (non-hydrogen) atoms. The second kappa shape index (κ2) is 15.7. The van der Waals surface area contributed by atoms with E-state index in [4.69, 9.17) is 23.7 Å². The Bertz CT molecular complexity index is 1370. The van der Waals surface area contributed by atoms with Gasteiger partial charge in [0.05, 0.1) is 49.8 Å². The van der Waals surface area contributed by atoms with Crippen molar-refractivity contribution in [2.75, 3.05) is 19.8 Å². The SMILES string of the molecule is CC(CC[C@@]1(O)O[C@H]2C[C@H]3[C@@H]4C[C@@H](O)[C@@]5(O)C[C@@H](O[C@@H]6O[C@H](CO)[C@@H](O)[C@H](O)[C@H]6O)[C@H](O)C[C@]5(C)[C@H]4CC[C@]3(C)[C@H]2[C@@H]1C)CO[C@@H]1O[C@H](CO)[C@@H](O)[C@H](O)[C@H]1O. The van der Waals surface area contributed by atoms with Crippen molar-refractivity contribution >= 4 is 0 Å². The average Bonchev–Trinajstić information content (AvgIpc) is 3.59. The molecule has 324 valence electrons. The van der Waals surface area contributed by atoms with E-state index in [0.29, 0.717) is 25.7 Å². The molecule has 4 aliphatic carbocycles. The Balaban J connectivity index is 0.984. The summed E-state index contributed by atoms with van der Waals surface area (Å²) in [5.41, 5.74) is -2.77. The molecule has 17 nitrogen and oxygen atoms in total. The van der Waals surface area contributed by atoms with E-state index >= 15 is 0 Å². The molecule has 17 heteroatoms. The fourth-order valence-corrected chi connectivity index (χ4v) is 12.7. The van der Waals surface area contributed by atoms with Gasteiger partial charge >= 0.3 is 0 Å². The predicted octanol–water partition coefficient (Wildman–Crippen LogP) is -2.55. The lowest BCUT2D eigenvalue weighted by Gasteiger charge is -2.66. The Morgan fingerprint density at radius 3 is 2.00 bits per heavy atom. The first-order valence-electron chi connectivity index (χ1n) is 20.6. The molecule has 0 bridgehead atoms. The van der Waals surface area contributed by atoms with Gasteiger partial charge in [0.1, 0.15) is 48.8 Å². The highest BCUT2D eigenvalue weighted by atomic mass is 16.7. The molecule has 7 fully saturated rings. The average molecular weight is 807 g/mol. The van der Waals surface area contributed by atoms with Crippen LogP contribution in [0.1, 0.15) is 79.1 Å². The maximum atomic E-state index is 12.4. The minimum atomic E-state index is -1.67. The van der Waals surface area contributed by atoms with E-state index < -0.39 is 110 Å². The summed E-state index contributed by atoms with van der Waals surface area (Å²) >= 11 is 0. The molecule has 7 rings (SSSR count). The Morgan fingerprint density at radius 2 is 1.38 bits per heavy atom. The summed E-state index contributed by atoms with van der Waals surface area (Å²) in [4.78, 5) is 0. The van der Waals surface area contributed by atoms with E-state index in [-0.39, 0.29) is 66.5 Å². The van der Waals surface area contributed by atoms with Crippen molar-refractivity contribution in [1.82, 2.24) is 0 Å². The molecule has 0 aromatic rings. The summed E-state index contributed by atoms with van der Waals surface area (Å²) in [5, 5.41) is 128. The number of aliphatic hydroxyl groups excluding tert-OH is 10. The van der Waals surface area contributed by atoms with Gasteiger partial charge in [0.15, 0.2) is 18.4 Å². The minimum Gasteiger partial charge on any atom is -0.394 e. The summed E-state index contributed by atoms with van der Waals surface area (Å²) in [6.07, 6.45) is -14.6. The monoisotopic (exact) mass is 806 g/mol. The number of hydrogen-bond donors (Lipinski definition) is 12. The topological polar surface area (TPSA) is 289 Å². The van der Waals surface area contributed by atoms with Crippen molar-refractivity contribution in [2.45, 2.75) is 176 Å². The van der Waals surface area contributed by atoms with E-state index in [1.54, 1.807) is 0 Å². The van der Waals surface area contributed by atoms with Crippen LogP contribution in [-0.2, 0) is 23.7 Å². The van der Waals surface area contributed by atoms with Gasteiger partial charge in [-0.15, -0.1) is 0 Å². The van der Waals surface area contributed by atoms with Crippen LogP contribution in [-0.4, -0.2) is 178 Å². The van der Waals surface area contributed by atoms with Crippen molar-refractivity contribution in [3.05, 3.63) is 0 Å². The number of ether oxygens (including phenoxy) is 5. The van der Waals surface area contributed by atoms with Crippen LogP contribution in [0.5, 0.6) is 0 Å². The van der Waals surface area contributed by atoms with Crippen molar-refractivity contribution in [3.63, 3.8) is 0 Å². The highest BCUT2D eigenvalue weighted by Gasteiger charge is 2.72. The summed E-state index contributed by atoms with van der Waals surface area (Å²) in [6, 6.07) is 0. The number of rotatable bonds is 10. The van der Waals surface area contributed by atoms with Crippen LogP contribution in [0.4, 0.5) is 0 Å². The van der Waals surface area contributed by atoms with Crippen molar-refractivity contribution in [1.29, 1.82) is 0 Å². The largest absolute Gasteiger partial charge is 0.394 e. The van der Waals surface area contributed by atoms with Gasteiger partial charge in [-0.2, -0.15) is 0 Å². The minimum absolute atomic E-state index is 0.0122. The van der Waals surface area contributed by atoms with Crippen LogP contribution in [0.15, 0.2) is 0 Å². The summed E-state index contributed by atoms with van der Waals surface area (Å²) in [5.74, 6) is -1.57. The third-order valence-electron chi connectivity index (χ3n) is 16.1. The van der Waals surface area contributed by atoms with Gasteiger partial charge < -0.3 is 85.0 Å². The molecule has 0 radical (unpaired) electrons. The summed E-state index contributed by atoms with van der Waals surface area (Å²) in [7, 11) is 0. The number of fused-ring (bicyclic) bond motifs is 7. The van der Waals surface area contributed by atoms with Crippen LogP contribution >= 0.6 is 0 Å². The zero-order chi connectivity index (χ0) is 40.9. The van der Waals surface area contributed by atoms with Gasteiger partial charge in [-0.1, -0.05) is 27.7 Å². The molecule has 0 spiro atoms. The summed E-state index contributed by atoms with van der Waals surface area (Å²) in [6.45, 7) is 7.08. The number of aliphatic hydroxyl groups is 12. The van der Waals surface area contributed by atoms with Crippen LogP contribution in [0, 0.1) is 46.3 Å². The molecule has 3 heterocycles. The zero-order valence-electron chi connectivity index (χ0n) is 32.7. The normalized spacial score (nSPS) is 57.5. The van der Waals surface area contributed by atoms with Gasteiger partial charge in [0.25, 0.3) is 0 Å². The van der Waals surface area contributed by atoms with Crippen molar-refractivity contribution in [2.24, 2.45) is 46.3 Å². The maximum Gasteiger partial charge on any atom is 0.187 e. The van der Waals surface area contributed by atoms with E-state index in [2.05, 4.69) is 6.92 Å². The molecule has 0 amide bonds. The van der Waals surface area contributed by atoms with Gasteiger partial charge in [-0.05, 0) is 73.5 Å². The van der Waals surface area contributed by atoms with Crippen molar-refractivity contribution < 1.29 is 85.0 Å². The third-order valence-corrected chi connectivity index (χ3v) is 16.1. The quantitative estimate of drug-likeness (QED) is 0.101. The second-order valence-corrected chi connectivity index (χ2v) is 19.1. The lowest BCUT2D eigenvalue weighted by Crippen LogP contribution is -2.71. The first kappa shape index (κ1) is 43.4. The lowest BCUT2D eigenvalue weighted by atomic mass is 9.42. The first-order valence-corrected chi connectivity index (χ1v) is 20.6. The molecule has 1 unspecified atom stereocenters. The smallest absolute Gasteiger partial charge is 0.187 e. The van der Waals surface area contributed by atoms with Gasteiger partial charge in [-0.25, -0.2) is 0 Å². The Hall–Kier alpha value is -0.680. The molecular weight excluding hydrogens is 740 g/mol. The summed E-state index contributed by atoms with van der Waals surface area (Å²) < 4.78 is 29.2. The fourth-order valence-electron chi connectivity index (χ4n) is 12.7. The van der Waals surface area contributed by atoms with E-state index in [1.807, 2.05) is 20.8 Å². The highest BCUT2D eigenvalue weighted by molar-refractivity contribution is 5.20. The van der Waals surface area contributed by atoms with Crippen LogP contribution < -0.4 is 0 Å². The van der Waals surface area contributed by atoms with Crippen LogP contribution in [0.2, 0.25) is 0 Å². The van der Waals surface area contributed by atoms with E-state index in [9.17, 15) is 61.3 Å². The number of hydrogen-bond acceptors (Lipinski definition) is 17. The molecule has 7 aliphatic rings. The van der Waals surface area contributed by atoms with E-state index in [0.717, 1.165) is 12.8 Å². The van der Waals surface area contributed by atoms with Gasteiger partial charge in [0, 0.05) is 24.2 Å². The Kier molecular flexibility index (Phi) is 12.1. The molecule has 0 aromatic carbocycles. The first-order chi connectivity index (χ1) is 26.2. The van der Waals surface area contributed by atoms with Gasteiger partial charge in [-0.3, -0.25) is 0 Å². The second-order valence-electron chi connectivity index (χ2n) is 19.1. The molecule has 0 aromatic heterocycles. The molecule has 3 saturated heterocycles. The Morgan fingerprint density at radius 1 is 0.768 bits per heavy atom. The molecule has 12 N–H and O–H groups in total. The van der Waals surface area contributed by atoms with Crippen LogP contribution in [0.25, 0.3) is 0 Å². The molecule has 3 aliphatic heterocycles. The fraction of sp³-hybridized carbons (Fsp3) is 1.00. The standard InChI is InChI=1S/C39H66O17/c1-16(15-52-34-32(48)30(46)28(44)24(13-40)54-34)5-8-39(51)17(2)27-22(56-39)10-20-18-9-26(43)38(50)12-23(53-35-33(49)31(47)29(45)25(14-41)55-35)21(42)11-37(38,4)19(18)6-7-36(20,27)3/h16-35,40-51H,5-15H2,1-4H3/t16?,17-,18+,19-,20-,21+,22-,23+,24+,25+,26+,27-,28+,29+,30-,31-,32+,33+,34+,35+,36-,37+,38-,39+/m0/s1. The zero-order valence-corrected chi connectivity index (χ0v) is 32.7. The van der Waals surface area contributed by atoms with Crippen LogP contribution in [0.3, 0.4) is 0 Å². The highest BCUT2D eigenvalue weighted by Crippen LogP contribution is 2.71. The Labute approximate surface area is 327 Å². The van der Waals surface area contributed by atoms with E-state index in [1.165, 1.54) is 0 Å². The van der Waals surface area contributed by atoms with Gasteiger partial charge in [0.2, 0.25) is 0 Å². The maximum absolute atomic E-state index is 12.4. The predicted molar refractivity (Wildman–Crippen MR) is 191 cm³/mol. The van der Waals surface area contributed by atoms with Crippen molar-refractivity contribution in [3.8, 4) is 0 Å². The molecule has 24 atom stereocenters. The molecular formula is C39H66O17. The molecule has 4 saturated carbocycles. The lowest BCUT2D eigenvalue weighted by molar-refractivity contribution is -0.340.